The highest BCUT2D eigenvalue weighted by Gasteiger charge is 2.41. The molecule has 0 spiro atoms. The molecule has 4 atom stereocenters. The van der Waals surface area contributed by atoms with Crippen molar-refractivity contribution in [2.45, 2.75) is 51.2 Å². The van der Waals surface area contributed by atoms with Crippen LogP contribution in [0.25, 0.3) is 0 Å². The number of piperidine rings is 1. The maximum Gasteiger partial charge on any atom is 0.0127 e. The molecule has 0 aromatic rings. The Morgan fingerprint density at radius 1 is 1.23 bits per heavy atom. The summed E-state index contributed by atoms with van der Waals surface area (Å²) in [5, 5.41) is 3.40. The van der Waals surface area contributed by atoms with Gasteiger partial charge in [-0.15, -0.1) is 0 Å². The van der Waals surface area contributed by atoms with Crippen molar-refractivity contribution in [3.05, 3.63) is 0 Å². The molecule has 2 fully saturated rings. The minimum atomic E-state index is 0.764. The maximum atomic E-state index is 3.40. The first kappa shape index (κ1) is 9.47. The van der Waals surface area contributed by atoms with Crippen molar-refractivity contribution >= 4 is 0 Å². The average molecular weight is 182 g/mol. The van der Waals surface area contributed by atoms with Crippen LogP contribution in [0.2, 0.25) is 0 Å². The largest absolute Gasteiger partial charge is 0.317 e. The Morgan fingerprint density at radius 3 is 2.38 bits per heavy atom. The average Bonchev–Trinajstić information content (AvgIpc) is 2.82. The van der Waals surface area contributed by atoms with E-state index in [4.69, 9.17) is 0 Å². The van der Waals surface area contributed by atoms with E-state index >= 15 is 0 Å². The Labute approximate surface area is 81.7 Å². The van der Waals surface area contributed by atoms with Gasteiger partial charge in [0.05, 0.1) is 0 Å². The zero-order chi connectivity index (χ0) is 9.42. The third-order valence-corrected chi connectivity index (χ3v) is 3.83. The van der Waals surface area contributed by atoms with Gasteiger partial charge in [-0.3, -0.25) is 4.90 Å². The van der Waals surface area contributed by atoms with E-state index in [0.29, 0.717) is 0 Å². The maximum absolute atomic E-state index is 3.40. The van der Waals surface area contributed by atoms with Crippen molar-refractivity contribution in [3.8, 4) is 0 Å². The van der Waals surface area contributed by atoms with Gasteiger partial charge in [0.2, 0.25) is 0 Å². The second-order valence-corrected chi connectivity index (χ2v) is 4.88. The quantitative estimate of drug-likeness (QED) is 0.695. The van der Waals surface area contributed by atoms with E-state index in [2.05, 4.69) is 31.1 Å². The molecule has 0 aromatic carbocycles. The first-order valence-corrected chi connectivity index (χ1v) is 5.65. The van der Waals surface area contributed by atoms with Crippen molar-refractivity contribution < 1.29 is 0 Å². The second-order valence-electron chi connectivity index (χ2n) is 4.88. The van der Waals surface area contributed by atoms with Gasteiger partial charge >= 0.3 is 0 Å². The lowest BCUT2D eigenvalue weighted by Gasteiger charge is -2.38. The third kappa shape index (κ3) is 1.89. The summed E-state index contributed by atoms with van der Waals surface area (Å²) in [6, 6.07) is 2.48. The van der Waals surface area contributed by atoms with Crippen LogP contribution >= 0.6 is 0 Å². The zero-order valence-corrected chi connectivity index (χ0v) is 9.09. The van der Waals surface area contributed by atoms with E-state index in [0.717, 1.165) is 24.0 Å². The first-order valence-electron chi connectivity index (χ1n) is 5.65. The Hall–Kier alpha value is -0.0800. The SMILES string of the molecule is CNC1CCN(C2CC2C)C(C)C1. The molecule has 1 saturated heterocycles. The van der Waals surface area contributed by atoms with Crippen LogP contribution in [-0.4, -0.2) is 36.6 Å². The summed E-state index contributed by atoms with van der Waals surface area (Å²) in [5.41, 5.74) is 0. The zero-order valence-electron chi connectivity index (χ0n) is 9.09. The minimum Gasteiger partial charge on any atom is -0.317 e. The number of nitrogens with one attached hydrogen (secondary N) is 1. The summed E-state index contributed by atoms with van der Waals surface area (Å²) in [5.74, 6) is 0.966. The Balaban J connectivity index is 1.86. The van der Waals surface area contributed by atoms with Crippen LogP contribution in [-0.2, 0) is 0 Å². The molecule has 76 valence electrons. The number of nitrogens with zero attached hydrogens (tertiary/aromatic N) is 1. The van der Waals surface area contributed by atoms with Crippen molar-refractivity contribution in [1.29, 1.82) is 0 Å². The van der Waals surface area contributed by atoms with E-state index in [1.54, 1.807) is 0 Å². The fourth-order valence-electron chi connectivity index (χ4n) is 2.71. The summed E-state index contributed by atoms with van der Waals surface area (Å²) >= 11 is 0. The molecule has 13 heavy (non-hydrogen) atoms. The highest BCUT2D eigenvalue weighted by Crippen LogP contribution is 2.38. The smallest absolute Gasteiger partial charge is 0.0127 e. The van der Waals surface area contributed by atoms with Crippen LogP contribution in [0.4, 0.5) is 0 Å². The number of likely N-dealkylation sites (tertiary alicyclic amines) is 1. The fraction of sp³-hybridized carbons (Fsp3) is 1.00. The van der Waals surface area contributed by atoms with Gasteiger partial charge in [-0.2, -0.15) is 0 Å². The van der Waals surface area contributed by atoms with Gasteiger partial charge in [-0.05, 0) is 39.2 Å². The molecule has 2 aliphatic rings. The second kappa shape index (κ2) is 3.58. The number of hydrogen-bond acceptors (Lipinski definition) is 2. The molecule has 0 bridgehead atoms. The normalized spacial score (nSPS) is 46.4. The number of rotatable bonds is 2. The van der Waals surface area contributed by atoms with Gasteiger partial charge in [-0.1, -0.05) is 6.92 Å². The molecule has 0 amide bonds. The molecular weight excluding hydrogens is 160 g/mol. The predicted octanol–water partition coefficient (Wildman–Crippen LogP) is 1.47. The topological polar surface area (TPSA) is 15.3 Å². The van der Waals surface area contributed by atoms with Crippen LogP contribution in [0.1, 0.15) is 33.1 Å². The summed E-state index contributed by atoms with van der Waals surface area (Å²) < 4.78 is 0. The van der Waals surface area contributed by atoms with Gasteiger partial charge in [0.25, 0.3) is 0 Å². The van der Waals surface area contributed by atoms with E-state index < -0.39 is 0 Å². The van der Waals surface area contributed by atoms with Crippen molar-refractivity contribution in [3.63, 3.8) is 0 Å². The van der Waals surface area contributed by atoms with Crippen molar-refractivity contribution in [2.24, 2.45) is 5.92 Å². The lowest BCUT2D eigenvalue weighted by molar-refractivity contribution is 0.125. The molecule has 1 aliphatic carbocycles. The minimum absolute atomic E-state index is 0.764. The molecule has 2 heteroatoms. The van der Waals surface area contributed by atoms with Gasteiger partial charge in [0, 0.05) is 24.7 Å². The molecular formula is C11H22N2. The highest BCUT2D eigenvalue weighted by atomic mass is 15.2. The van der Waals surface area contributed by atoms with Gasteiger partial charge in [-0.25, -0.2) is 0 Å². The van der Waals surface area contributed by atoms with Crippen LogP contribution in [0.15, 0.2) is 0 Å². The fourth-order valence-corrected chi connectivity index (χ4v) is 2.71. The van der Waals surface area contributed by atoms with Gasteiger partial charge < -0.3 is 5.32 Å². The molecule has 1 aliphatic heterocycles. The van der Waals surface area contributed by atoms with Crippen LogP contribution in [0.5, 0.6) is 0 Å². The summed E-state index contributed by atoms with van der Waals surface area (Å²) in [7, 11) is 2.09. The highest BCUT2D eigenvalue weighted by molar-refractivity contribution is 4.96. The van der Waals surface area contributed by atoms with Gasteiger partial charge in [0.15, 0.2) is 0 Å². The molecule has 2 rings (SSSR count). The lowest BCUT2D eigenvalue weighted by Crippen LogP contribution is -2.47. The molecule has 1 heterocycles. The first-order chi connectivity index (χ1) is 6.22. The van der Waals surface area contributed by atoms with E-state index in [-0.39, 0.29) is 0 Å². The monoisotopic (exact) mass is 182 g/mol. The summed E-state index contributed by atoms with van der Waals surface area (Å²) in [4.78, 5) is 2.72. The van der Waals surface area contributed by atoms with Crippen molar-refractivity contribution in [2.75, 3.05) is 13.6 Å². The molecule has 1 saturated carbocycles. The molecule has 4 unspecified atom stereocenters. The Bertz CT molecular complexity index is 181. The van der Waals surface area contributed by atoms with Gasteiger partial charge in [0.1, 0.15) is 0 Å². The van der Waals surface area contributed by atoms with Crippen LogP contribution in [0.3, 0.4) is 0 Å². The third-order valence-electron chi connectivity index (χ3n) is 3.83. The lowest BCUT2D eigenvalue weighted by atomic mass is 9.98. The molecule has 2 nitrogen and oxygen atoms in total. The standard InChI is InChI=1S/C11H22N2/c1-8-6-11(8)13-5-4-10(12-3)7-9(13)2/h8-12H,4-7H2,1-3H3. The van der Waals surface area contributed by atoms with E-state index in [1.807, 2.05) is 0 Å². The molecule has 1 N–H and O–H groups in total. The molecule has 0 radical (unpaired) electrons. The van der Waals surface area contributed by atoms with Crippen molar-refractivity contribution in [1.82, 2.24) is 10.2 Å². The van der Waals surface area contributed by atoms with E-state index in [9.17, 15) is 0 Å². The van der Waals surface area contributed by atoms with E-state index in [1.165, 1.54) is 25.8 Å². The predicted molar refractivity (Wildman–Crippen MR) is 55.8 cm³/mol. The number of hydrogen-bond donors (Lipinski definition) is 1. The van der Waals surface area contributed by atoms with Crippen LogP contribution in [0, 0.1) is 5.92 Å². The van der Waals surface area contributed by atoms with Crippen LogP contribution < -0.4 is 5.32 Å². The summed E-state index contributed by atoms with van der Waals surface area (Å²) in [6.45, 7) is 6.07. The Kier molecular flexibility index (Phi) is 2.61. The molecule has 0 aromatic heterocycles. The summed E-state index contributed by atoms with van der Waals surface area (Å²) in [6.07, 6.45) is 4.11. The Morgan fingerprint density at radius 2 is 1.92 bits per heavy atom.